The van der Waals surface area contributed by atoms with E-state index in [4.69, 9.17) is 4.42 Å². The molecule has 0 aliphatic rings. The first-order valence-corrected chi connectivity index (χ1v) is 8.42. The summed E-state index contributed by atoms with van der Waals surface area (Å²) in [5, 5.41) is 9.45. The van der Waals surface area contributed by atoms with E-state index in [1.165, 1.54) is 10.9 Å². The van der Waals surface area contributed by atoms with E-state index in [1.807, 2.05) is 17.5 Å². The van der Waals surface area contributed by atoms with Gasteiger partial charge in [0, 0.05) is 11.1 Å². The smallest absolute Gasteiger partial charge is 0.299 e. The molecule has 7 nitrogen and oxygen atoms in total. The van der Waals surface area contributed by atoms with Crippen LogP contribution in [0.4, 0.5) is 5.95 Å². The van der Waals surface area contributed by atoms with Crippen LogP contribution in [0.1, 0.15) is 15.4 Å². The molecule has 124 valence electrons. The summed E-state index contributed by atoms with van der Waals surface area (Å²) < 4.78 is 6.55. The normalized spacial score (nSPS) is 10.7. The van der Waals surface area contributed by atoms with Crippen LogP contribution in [0, 0.1) is 0 Å². The van der Waals surface area contributed by atoms with Crippen molar-refractivity contribution in [3.8, 4) is 11.6 Å². The topological polar surface area (TPSA) is 85.8 Å². The number of hydrogen-bond donors (Lipinski definition) is 1. The van der Waals surface area contributed by atoms with Crippen LogP contribution in [-0.2, 0) is 6.54 Å². The summed E-state index contributed by atoms with van der Waals surface area (Å²) >= 11 is 1.62. The van der Waals surface area contributed by atoms with Gasteiger partial charge >= 0.3 is 0 Å². The molecule has 0 amide bonds. The van der Waals surface area contributed by atoms with E-state index < -0.39 is 0 Å². The summed E-state index contributed by atoms with van der Waals surface area (Å²) in [6, 6.07) is 12.6. The molecule has 25 heavy (non-hydrogen) atoms. The number of rotatable bonds is 5. The quantitative estimate of drug-likeness (QED) is 0.594. The number of pyridine rings is 1. The van der Waals surface area contributed by atoms with Crippen LogP contribution in [0.15, 0.2) is 64.7 Å². The molecule has 0 unspecified atom stereocenters. The molecule has 1 N–H and O–H groups in total. The lowest BCUT2D eigenvalue weighted by atomic mass is 10.3. The lowest BCUT2D eigenvalue weighted by Crippen LogP contribution is -2.18. The number of carbonyl (C=O) groups excluding carboxylic acids is 1. The Kier molecular flexibility index (Phi) is 4.09. The van der Waals surface area contributed by atoms with Gasteiger partial charge in [-0.1, -0.05) is 12.1 Å². The molecular formula is C17H13N5O2S. The first kappa shape index (κ1) is 15.3. The Morgan fingerprint density at radius 1 is 1.20 bits per heavy atom. The van der Waals surface area contributed by atoms with Gasteiger partial charge in [0.1, 0.15) is 5.69 Å². The lowest BCUT2D eigenvalue weighted by molar-refractivity contribution is 0.0942. The van der Waals surface area contributed by atoms with Gasteiger partial charge in [0.15, 0.2) is 5.76 Å². The number of nitrogens with zero attached hydrogens (tertiary/aromatic N) is 4. The fourth-order valence-electron chi connectivity index (χ4n) is 2.26. The summed E-state index contributed by atoms with van der Waals surface area (Å²) in [5.74, 6) is 0.810. The highest BCUT2D eigenvalue weighted by Gasteiger charge is 2.20. The molecule has 0 spiro atoms. The predicted molar refractivity (Wildman–Crippen MR) is 93.3 cm³/mol. The molecule has 8 heteroatoms. The summed E-state index contributed by atoms with van der Waals surface area (Å²) in [6.07, 6.45) is 3.10. The van der Waals surface area contributed by atoms with E-state index in [0.717, 1.165) is 4.88 Å². The number of anilines is 1. The second-order valence-electron chi connectivity index (χ2n) is 5.10. The van der Waals surface area contributed by atoms with Crippen LogP contribution < -0.4 is 5.32 Å². The minimum absolute atomic E-state index is 0.289. The average Bonchev–Trinajstić information content (AvgIpc) is 3.41. The maximum atomic E-state index is 12.7. The van der Waals surface area contributed by atoms with E-state index in [9.17, 15) is 4.79 Å². The molecule has 4 heterocycles. The number of carbonyl (C=O) groups is 1. The van der Waals surface area contributed by atoms with E-state index in [2.05, 4.69) is 20.4 Å². The highest BCUT2D eigenvalue weighted by molar-refractivity contribution is 7.09. The third kappa shape index (κ3) is 3.20. The first-order valence-electron chi connectivity index (χ1n) is 7.54. The van der Waals surface area contributed by atoms with Gasteiger partial charge in [-0.25, -0.2) is 0 Å². The molecule has 0 fully saturated rings. The van der Waals surface area contributed by atoms with Crippen molar-refractivity contribution in [2.24, 2.45) is 0 Å². The van der Waals surface area contributed by atoms with E-state index in [1.54, 1.807) is 47.9 Å². The van der Waals surface area contributed by atoms with Gasteiger partial charge in [-0.15, -0.1) is 16.4 Å². The lowest BCUT2D eigenvalue weighted by Gasteiger charge is -2.05. The molecule has 0 saturated heterocycles. The first-order chi connectivity index (χ1) is 12.3. The molecule has 0 aromatic carbocycles. The highest BCUT2D eigenvalue weighted by Crippen LogP contribution is 2.20. The molecule has 4 rings (SSSR count). The van der Waals surface area contributed by atoms with Crippen molar-refractivity contribution in [3.63, 3.8) is 0 Å². The fourth-order valence-corrected chi connectivity index (χ4v) is 2.90. The minimum Gasteiger partial charge on any atom is -0.461 e. The molecule has 4 aromatic heterocycles. The monoisotopic (exact) mass is 351 g/mol. The Bertz CT molecular complexity index is 962. The Hall–Kier alpha value is -3.26. The molecule has 0 bridgehead atoms. The second kappa shape index (κ2) is 6.70. The SMILES string of the molecule is O=C(c1ccccn1)n1nc(-c2ccco2)nc1NCc1cccs1. The number of aromatic nitrogens is 4. The van der Waals surface area contributed by atoms with Crippen molar-refractivity contribution in [3.05, 3.63) is 70.9 Å². The molecule has 4 aromatic rings. The molecule has 0 radical (unpaired) electrons. The van der Waals surface area contributed by atoms with Gasteiger partial charge in [-0.2, -0.15) is 9.67 Å². The predicted octanol–water partition coefficient (Wildman–Crippen LogP) is 3.30. The van der Waals surface area contributed by atoms with Crippen LogP contribution in [-0.4, -0.2) is 25.7 Å². The van der Waals surface area contributed by atoms with E-state index in [-0.39, 0.29) is 11.6 Å². The number of hydrogen-bond acceptors (Lipinski definition) is 7. The van der Waals surface area contributed by atoms with Crippen LogP contribution in [0.2, 0.25) is 0 Å². The van der Waals surface area contributed by atoms with Crippen molar-refractivity contribution < 1.29 is 9.21 Å². The summed E-state index contributed by atoms with van der Waals surface area (Å²) in [5.41, 5.74) is 0.289. The van der Waals surface area contributed by atoms with Crippen LogP contribution in [0.3, 0.4) is 0 Å². The largest absolute Gasteiger partial charge is 0.461 e. The second-order valence-corrected chi connectivity index (χ2v) is 6.13. The van der Waals surface area contributed by atoms with Gasteiger partial charge in [-0.05, 0) is 35.7 Å². The molecule has 0 atom stereocenters. The maximum absolute atomic E-state index is 12.7. The third-order valence-electron chi connectivity index (χ3n) is 3.43. The molecule has 0 aliphatic heterocycles. The number of furan rings is 1. The Morgan fingerprint density at radius 2 is 2.16 bits per heavy atom. The van der Waals surface area contributed by atoms with Gasteiger partial charge in [0.05, 0.1) is 12.8 Å². The van der Waals surface area contributed by atoms with E-state index in [0.29, 0.717) is 24.1 Å². The standard InChI is InChI=1S/C17H13N5O2S/c23-16(13-6-1-2-8-18-13)22-17(19-11-12-5-4-10-25-12)20-15(21-22)14-7-3-9-24-14/h1-10H,11H2,(H,19,20,21). The van der Waals surface area contributed by atoms with E-state index >= 15 is 0 Å². The van der Waals surface area contributed by atoms with Crippen molar-refractivity contribution in [2.45, 2.75) is 6.54 Å². The average molecular weight is 351 g/mol. The van der Waals surface area contributed by atoms with Crippen LogP contribution in [0.25, 0.3) is 11.6 Å². The molecule has 0 saturated carbocycles. The minimum atomic E-state index is -0.361. The fraction of sp³-hybridized carbons (Fsp3) is 0.0588. The van der Waals surface area contributed by atoms with Gasteiger partial charge in [-0.3, -0.25) is 9.78 Å². The van der Waals surface area contributed by atoms with Crippen molar-refractivity contribution >= 4 is 23.2 Å². The Morgan fingerprint density at radius 3 is 2.88 bits per heavy atom. The van der Waals surface area contributed by atoms with Crippen LogP contribution in [0.5, 0.6) is 0 Å². The zero-order chi connectivity index (χ0) is 17.1. The van der Waals surface area contributed by atoms with Crippen molar-refractivity contribution in [2.75, 3.05) is 5.32 Å². The third-order valence-corrected chi connectivity index (χ3v) is 4.30. The van der Waals surface area contributed by atoms with Crippen molar-refractivity contribution in [1.82, 2.24) is 19.7 Å². The zero-order valence-electron chi connectivity index (χ0n) is 13.0. The number of nitrogens with one attached hydrogen (secondary N) is 1. The summed E-state index contributed by atoms with van der Waals surface area (Å²) in [7, 11) is 0. The van der Waals surface area contributed by atoms with Gasteiger partial charge in [0.2, 0.25) is 11.8 Å². The highest BCUT2D eigenvalue weighted by atomic mass is 32.1. The molecule has 0 aliphatic carbocycles. The van der Waals surface area contributed by atoms with Gasteiger partial charge < -0.3 is 9.73 Å². The Balaban J connectivity index is 1.69. The molecular weight excluding hydrogens is 338 g/mol. The van der Waals surface area contributed by atoms with Crippen molar-refractivity contribution in [1.29, 1.82) is 0 Å². The Labute approximate surface area is 147 Å². The van der Waals surface area contributed by atoms with Crippen LogP contribution >= 0.6 is 11.3 Å². The van der Waals surface area contributed by atoms with Gasteiger partial charge in [0.25, 0.3) is 5.91 Å². The summed E-state index contributed by atoms with van der Waals surface area (Å²) in [4.78, 5) is 22.4. The summed E-state index contributed by atoms with van der Waals surface area (Å²) in [6.45, 7) is 0.545. The zero-order valence-corrected chi connectivity index (χ0v) is 13.8. The number of thiophene rings is 1. The maximum Gasteiger partial charge on any atom is 0.299 e.